The lowest BCUT2D eigenvalue weighted by Gasteiger charge is -2.61. The fourth-order valence-electron chi connectivity index (χ4n) is 11.0. The molecule has 52 heavy (non-hydrogen) atoms. The quantitative estimate of drug-likeness (QED) is 0.305. The number of Topliss-reactive ketones (excluding diaryl/α,β-unsaturated/α-hetero) is 1. The van der Waals surface area contributed by atoms with Gasteiger partial charge in [0.25, 0.3) is 0 Å². The first-order valence-corrected chi connectivity index (χ1v) is 19.4. The first kappa shape index (κ1) is 36.9. The van der Waals surface area contributed by atoms with Crippen LogP contribution in [0.4, 0.5) is 5.82 Å². The Hall–Kier alpha value is -3.42. The summed E-state index contributed by atoms with van der Waals surface area (Å²) < 4.78 is 8.40. The molecular weight excluding hydrogens is 660 g/mol. The first-order chi connectivity index (χ1) is 24.7. The van der Waals surface area contributed by atoms with Crippen LogP contribution >= 0.6 is 0 Å². The monoisotopic (exact) mass is 718 g/mol. The molecular formula is C39H58N8O5. The van der Waals surface area contributed by atoms with Gasteiger partial charge in [-0.3, -0.25) is 19.3 Å². The number of hydrogen-bond donors (Lipinski definition) is 2. The number of nitrogens with zero attached hydrogens (tertiary/aromatic N) is 7. The van der Waals surface area contributed by atoms with Crippen LogP contribution in [0.1, 0.15) is 79.6 Å². The Morgan fingerprint density at radius 3 is 2.60 bits per heavy atom. The van der Waals surface area contributed by atoms with Gasteiger partial charge < -0.3 is 29.9 Å². The number of ether oxygens (including phenoxy) is 1. The Kier molecular flexibility index (Phi) is 9.78. The molecule has 2 aliphatic heterocycles. The van der Waals surface area contributed by atoms with Crippen LogP contribution in [0.15, 0.2) is 25.3 Å². The minimum Gasteiger partial charge on any atom is -0.461 e. The number of carbonyl (C=O) groups is 3. The molecule has 0 aromatic carbocycles. The Labute approximate surface area is 307 Å². The van der Waals surface area contributed by atoms with E-state index in [1.165, 1.54) is 0 Å². The van der Waals surface area contributed by atoms with Gasteiger partial charge in [0.2, 0.25) is 5.91 Å². The Balaban J connectivity index is 0.989. The number of imidazole rings is 1. The summed E-state index contributed by atoms with van der Waals surface area (Å²) in [5.41, 5.74) is 6.02. The van der Waals surface area contributed by atoms with E-state index in [4.69, 9.17) is 10.5 Å². The largest absolute Gasteiger partial charge is 0.461 e. The molecule has 5 aliphatic rings. The highest BCUT2D eigenvalue weighted by Crippen LogP contribution is 2.68. The van der Waals surface area contributed by atoms with Gasteiger partial charge in [-0.25, -0.2) is 15.0 Å². The summed E-state index contributed by atoms with van der Waals surface area (Å²) in [6.07, 6.45) is 8.61. The van der Waals surface area contributed by atoms with Crippen LogP contribution in [0, 0.1) is 34.0 Å². The SMILES string of the molecule is C=C[C@]1(C)C[C@@H](OC(=O)CN2CCN(C(=O)CCn3cnc4c(N5CCC(N)C5)ncnc43)[C@H](C)C2)[C@]2(C)[C@H](C)CC[C@]3(CCC(=O)[C@@H]32)[C@@H](C)[C@@H]1O. The number of fused-ring (bicyclic) bond motifs is 1. The molecule has 13 nitrogen and oxygen atoms in total. The van der Waals surface area contributed by atoms with Crippen LogP contribution in [0.25, 0.3) is 11.2 Å². The molecule has 13 heteroatoms. The van der Waals surface area contributed by atoms with Crippen molar-refractivity contribution in [2.75, 3.05) is 44.2 Å². The van der Waals surface area contributed by atoms with Crippen molar-refractivity contribution in [1.82, 2.24) is 29.3 Å². The Morgan fingerprint density at radius 1 is 1.10 bits per heavy atom. The number of aliphatic hydroxyl groups is 1. The molecule has 284 valence electrons. The summed E-state index contributed by atoms with van der Waals surface area (Å²) in [6, 6.07) is 0.0339. The van der Waals surface area contributed by atoms with Crippen molar-refractivity contribution in [1.29, 1.82) is 0 Å². The van der Waals surface area contributed by atoms with E-state index in [-0.39, 0.29) is 59.5 Å². The highest BCUT2D eigenvalue weighted by atomic mass is 16.5. The van der Waals surface area contributed by atoms with E-state index in [9.17, 15) is 19.5 Å². The smallest absolute Gasteiger partial charge is 0.320 e. The van der Waals surface area contributed by atoms with Gasteiger partial charge in [-0.1, -0.05) is 33.8 Å². The molecule has 10 atom stereocenters. The van der Waals surface area contributed by atoms with Crippen LogP contribution in [-0.4, -0.2) is 116 Å². The summed E-state index contributed by atoms with van der Waals surface area (Å²) in [7, 11) is 0. The lowest BCUT2D eigenvalue weighted by molar-refractivity contribution is -0.207. The number of aliphatic hydroxyl groups excluding tert-OH is 1. The zero-order valence-electron chi connectivity index (χ0n) is 31.7. The number of aryl methyl sites for hydroxylation is 1. The van der Waals surface area contributed by atoms with E-state index in [1.807, 2.05) is 29.4 Å². The molecule has 2 saturated heterocycles. The number of hydrogen-bond acceptors (Lipinski definition) is 11. The van der Waals surface area contributed by atoms with Gasteiger partial charge in [0, 0.05) is 80.9 Å². The van der Waals surface area contributed by atoms with Crippen molar-refractivity contribution in [3.63, 3.8) is 0 Å². The van der Waals surface area contributed by atoms with Crippen LogP contribution < -0.4 is 10.6 Å². The lowest BCUT2D eigenvalue weighted by atomic mass is 9.44. The summed E-state index contributed by atoms with van der Waals surface area (Å²) in [5, 5.41) is 11.8. The minimum absolute atomic E-state index is 0.0475. The maximum Gasteiger partial charge on any atom is 0.320 e. The molecule has 5 fully saturated rings. The zero-order valence-corrected chi connectivity index (χ0v) is 31.7. The molecule has 4 heterocycles. The van der Waals surface area contributed by atoms with Crippen LogP contribution in [0.3, 0.4) is 0 Å². The summed E-state index contributed by atoms with van der Waals surface area (Å²) in [6.45, 7) is 18.4. The average Bonchev–Trinajstić information content (AvgIpc) is 3.84. The van der Waals surface area contributed by atoms with Crippen molar-refractivity contribution in [3.8, 4) is 0 Å². The third kappa shape index (κ3) is 6.04. The molecule has 2 bridgehead atoms. The number of ketones is 1. The van der Waals surface area contributed by atoms with E-state index >= 15 is 0 Å². The van der Waals surface area contributed by atoms with Crippen molar-refractivity contribution in [2.24, 2.45) is 39.7 Å². The standard InChI is InChI=1S/C39H58N8O5/c1-7-37(5)18-29(38(6)24(2)8-12-39(26(4)34(37)51)13-9-28(48)33(38)39)52-31(50)21-44-16-17-47(25(3)19-44)30(49)11-15-46-23-43-32-35(41-22-42-36(32)46)45-14-10-27(40)20-45/h7,22-27,29,33-34,51H,1,8-21,40H2,2-6H3/t24-,25-,26+,27?,29-,33-,34+,37-,38+,39+/m1/s1. The lowest BCUT2D eigenvalue weighted by Crippen LogP contribution is -2.63. The van der Waals surface area contributed by atoms with Gasteiger partial charge in [-0.05, 0) is 56.3 Å². The maximum atomic E-state index is 13.8. The van der Waals surface area contributed by atoms with Crippen LogP contribution in [0.5, 0.6) is 0 Å². The number of esters is 1. The zero-order chi connectivity index (χ0) is 37.2. The fourth-order valence-corrected chi connectivity index (χ4v) is 11.0. The number of rotatable bonds is 8. The number of aromatic nitrogens is 4. The number of nitrogens with two attached hydrogens (primary N) is 1. The van der Waals surface area contributed by atoms with E-state index < -0.39 is 23.0 Å². The highest BCUT2D eigenvalue weighted by molar-refractivity contribution is 5.86. The first-order valence-electron chi connectivity index (χ1n) is 19.4. The topological polar surface area (TPSA) is 160 Å². The van der Waals surface area contributed by atoms with Crippen molar-refractivity contribution < 1.29 is 24.2 Å². The molecule has 2 aromatic heterocycles. The Bertz CT molecular complexity index is 1720. The third-order valence-corrected chi connectivity index (χ3v) is 14.4. The summed E-state index contributed by atoms with van der Waals surface area (Å²) >= 11 is 0. The average molecular weight is 719 g/mol. The third-order valence-electron chi connectivity index (χ3n) is 14.4. The molecule has 0 spiro atoms. The van der Waals surface area contributed by atoms with Crippen LogP contribution in [-0.2, 0) is 25.7 Å². The van der Waals surface area contributed by atoms with Crippen molar-refractivity contribution in [3.05, 3.63) is 25.3 Å². The van der Waals surface area contributed by atoms with Gasteiger partial charge in [0.1, 0.15) is 18.2 Å². The molecule has 1 amide bonds. The number of piperazine rings is 1. The van der Waals surface area contributed by atoms with E-state index in [2.05, 4.69) is 52.1 Å². The number of amides is 1. The Morgan fingerprint density at radius 2 is 1.88 bits per heavy atom. The van der Waals surface area contributed by atoms with E-state index in [0.29, 0.717) is 51.1 Å². The number of anilines is 1. The minimum atomic E-state index is -0.698. The fraction of sp³-hybridized carbons (Fsp3) is 0.744. The molecule has 2 aromatic rings. The molecule has 3 aliphatic carbocycles. The molecule has 3 N–H and O–H groups in total. The van der Waals surface area contributed by atoms with Crippen LogP contribution in [0.2, 0.25) is 0 Å². The van der Waals surface area contributed by atoms with Gasteiger partial charge in [0.05, 0.1) is 19.0 Å². The van der Waals surface area contributed by atoms with Crippen molar-refractivity contribution in [2.45, 2.75) is 110 Å². The maximum absolute atomic E-state index is 13.8. The second-order valence-electron chi connectivity index (χ2n) is 17.3. The second kappa shape index (κ2) is 13.8. The normalized spacial score (nSPS) is 38.2. The molecule has 3 saturated carbocycles. The van der Waals surface area contributed by atoms with Gasteiger partial charge in [-0.15, -0.1) is 6.58 Å². The van der Waals surface area contributed by atoms with Gasteiger partial charge in [0.15, 0.2) is 17.0 Å². The van der Waals surface area contributed by atoms with Crippen molar-refractivity contribution >= 4 is 34.6 Å². The number of carbonyl (C=O) groups excluding carboxylic acids is 3. The van der Waals surface area contributed by atoms with E-state index in [0.717, 1.165) is 50.1 Å². The van der Waals surface area contributed by atoms with Gasteiger partial charge in [-0.2, -0.15) is 0 Å². The summed E-state index contributed by atoms with van der Waals surface area (Å²) in [4.78, 5) is 60.7. The molecule has 1 unspecified atom stereocenters. The predicted octanol–water partition coefficient (Wildman–Crippen LogP) is 3.19. The van der Waals surface area contributed by atoms with E-state index in [1.54, 1.807) is 12.7 Å². The molecule has 7 rings (SSSR count). The second-order valence-corrected chi connectivity index (χ2v) is 17.3. The summed E-state index contributed by atoms with van der Waals surface area (Å²) in [5.74, 6) is 0.598. The molecule has 0 radical (unpaired) electrons. The predicted molar refractivity (Wildman–Crippen MR) is 197 cm³/mol. The van der Waals surface area contributed by atoms with Gasteiger partial charge >= 0.3 is 5.97 Å². The highest BCUT2D eigenvalue weighted by Gasteiger charge is 2.68.